The lowest BCUT2D eigenvalue weighted by Crippen LogP contribution is -2.55. The summed E-state index contributed by atoms with van der Waals surface area (Å²) in [5, 5.41) is 0.734. The second-order valence-electron chi connectivity index (χ2n) is 5.72. The molecule has 4 amide bonds. The summed E-state index contributed by atoms with van der Waals surface area (Å²) < 4.78 is 5.83. The summed E-state index contributed by atoms with van der Waals surface area (Å²) >= 11 is 7.15. The van der Waals surface area contributed by atoms with Gasteiger partial charge in [0.05, 0.1) is 23.0 Å². The molecule has 1 saturated heterocycles. The smallest absolute Gasteiger partial charge is 0.344 e. The molecule has 0 unspecified atom stereocenters. The van der Waals surface area contributed by atoms with Crippen molar-refractivity contribution in [2.45, 2.75) is 6.42 Å². The molecule has 2 heterocycles. The number of ether oxygens (including phenoxy) is 1. The first kappa shape index (κ1) is 17.4. The third kappa shape index (κ3) is 3.02. The maximum Gasteiger partial charge on any atom is 0.344 e. The number of nitrogens with zero attached hydrogens (tertiary/aromatic N) is 3. The highest BCUT2D eigenvalue weighted by Crippen LogP contribution is 2.34. The van der Waals surface area contributed by atoms with Crippen LogP contribution in [0.15, 0.2) is 42.5 Å². The van der Waals surface area contributed by atoms with Gasteiger partial charge in [0.15, 0.2) is 0 Å². The molecule has 27 heavy (non-hydrogen) atoms. The second-order valence-corrected chi connectivity index (χ2v) is 7.17. The number of methoxy groups -OCH3 is 1. The minimum Gasteiger partial charge on any atom is -0.497 e. The van der Waals surface area contributed by atoms with Crippen molar-refractivity contribution in [2.24, 2.45) is 0 Å². The van der Waals surface area contributed by atoms with E-state index >= 15 is 0 Å². The van der Waals surface area contributed by atoms with Crippen molar-refractivity contribution in [3.05, 3.63) is 47.5 Å². The normalized spacial score (nSPS) is 15.0. The summed E-state index contributed by atoms with van der Waals surface area (Å²) in [7, 11) is 1.52. The SMILES string of the molecule is COc1ccc(N2C(=O)CC(=O)N(c3nc4ccc(Cl)cc4s3)C2=O)cc1. The monoisotopic (exact) mass is 401 g/mol. The van der Waals surface area contributed by atoms with Gasteiger partial charge in [-0.25, -0.2) is 19.6 Å². The van der Waals surface area contributed by atoms with Gasteiger partial charge in [0.1, 0.15) is 12.2 Å². The molecule has 0 bridgehead atoms. The summed E-state index contributed by atoms with van der Waals surface area (Å²) in [5.74, 6) is -0.609. The Morgan fingerprint density at radius 1 is 1.04 bits per heavy atom. The zero-order valence-corrected chi connectivity index (χ0v) is 15.6. The van der Waals surface area contributed by atoms with E-state index in [2.05, 4.69) is 4.98 Å². The number of anilines is 2. The van der Waals surface area contributed by atoms with Crippen LogP contribution in [0, 0.1) is 0 Å². The molecule has 0 aliphatic carbocycles. The molecule has 1 aromatic heterocycles. The zero-order valence-electron chi connectivity index (χ0n) is 14.0. The number of amides is 4. The summed E-state index contributed by atoms with van der Waals surface area (Å²) in [5.41, 5.74) is 0.973. The summed E-state index contributed by atoms with van der Waals surface area (Å²) in [6.07, 6.45) is -0.422. The van der Waals surface area contributed by atoms with E-state index in [-0.39, 0.29) is 5.13 Å². The van der Waals surface area contributed by atoms with Crippen LogP contribution in [-0.4, -0.2) is 29.9 Å². The molecule has 1 fully saturated rings. The van der Waals surface area contributed by atoms with Gasteiger partial charge in [0.2, 0.25) is 16.9 Å². The average molecular weight is 402 g/mol. The van der Waals surface area contributed by atoms with Crippen molar-refractivity contribution in [2.75, 3.05) is 16.9 Å². The van der Waals surface area contributed by atoms with Crippen LogP contribution in [0.1, 0.15) is 6.42 Å². The number of aromatic nitrogens is 1. The maximum absolute atomic E-state index is 13.0. The number of thiazole rings is 1. The maximum atomic E-state index is 13.0. The molecule has 0 saturated carbocycles. The van der Waals surface area contributed by atoms with Crippen LogP contribution in [0.4, 0.5) is 15.6 Å². The highest BCUT2D eigenvalue weighted by atomic mass is 35.5. The molecule has 0 radical (unpaired) electrons. The van der Waals surface area contributed by atoms with Crippen LogP contribution in [-0.2, 0) is 9.59 Å². The molecular formula is C18H12ClN3O4S. The lowest BCUT2D eigenvalue weighted by Gasteiger charge is -2.31. The number of halogens is 1. The van der Waals surface area contributed by atoms with Gasteiger partial charge in [0, 0.05) is 5.02 Å². The second kappa shape index (κ2) is 6.64. The van der Waals surface area contributed by atoms with Crippen LogP contribution >= 0.6 is 22.9 Å². The Morgan fingerprint density at radius 2 is 1.74 bits per heavy atom. The first-order valence-corrected chi connectivity index (χ1v) is 9.07. The van der Waals surface area contributed by atoms with Crippen molar-refractivity contribution in [3.63, 3.8) is 0 Å². The first-order chi connectivity index (χ1) is 13.0. The van der Waals surface area contributed by atoms with Gasteiger partial charge >= 0.3 is 6.03 Å². The van der Waals surface area contributed by atoms with E-state index in [1.807, 2.05) is 0 Å². The minimum absolute atomic E-state index is 0.202. The van der Waals surface area contributed by atoms with E-state index in [1.54, 1.807) is 42.5 Å². The van der Waals surface area contributed by atoms with Crippen LogP contribution in [0.2, 0.25) is 5.02 Å². The third-order valence-corrected chi connectivity index (χ3v) is 5.28. The third-order valence-electron chi connectivity index (χ3n) is 4.04. The van der Waals surface area contributed by atoms with Crippen molar-refractivity contribution in [3.8, 4) is 5.75 Å². The molecule has 3 aromatic rings. The van der Waals surface area contributed by atoms with Gasteiger partial charge in [0.25, 0.3) is 0 Å². The van der Waals surface area contributed by atoms with E-state index in [1.165, 1.54) is 7.11 Å². The number of fused-ring (bicyclic) bond motifs is 1. The molecule has 0 atom stereocenters. The Morgan fingerprint density at radius 3 is 2.44 bits per heavy atom. The Hall–Kier alpha value is -2.97. The van der Waals surface area contributed by atoms with E-state index in [9.17, 15) is 14.4 Å². The number of rotatable bonds is 3. The van der Waals surface area contributed by atoms with Gasteiger partial charge in [-0.3, -0.25) is 9.59 Å². The van der Waals surface area contributed by atoms with Crippen molar-refractivity contribution in [1.29, 1.82) is 0 Å². The molecular weight excluding hydrogens is 390 g/mol. The zero-order chi connectivity index (χ0) is 19.1. The molecule has 0 N–H and O–H groups in total. The van der Waals surface area contributed by atoms with Gasteiger partial charge in [-0.05, 0) is 42.5 Å². The van der Waals surface area contributed by atoms with Crippen LogP contribution in [0.5, 0.6) is 5.75 Å². The predicted molar refractivity (Wildman–Crippen MR) is 103 cm³/mol. The molecule has 0 spiro atoms. The van der Waals surface area contributed by atoms with Crippen molar-refractivity contribution in [1.82, 2.24) is 4.98 Å². The van der Waals surface area contributed by atoms with Gasteiger partial charge in [-0.15, -0.1) is 0 Å². The van der Waals surface area contributed by atoms with Gasteiger partial charge in [-0.1, -0.05) is 22.9 Å². The topological polar surface area (TPSA) is 79.8 Å². The number of carbonyl (C=O) groups excluding carboxylic acids is 3. The number of hydrogen-bond acceptors (Lipinski definition) is 6. The molecule has 1 aliphatic heterocycles. The van der Waals surface area contributed by atoms with E-state index in [4.69, 9.17) is 16.3 Å². The Bertz CT molecular complexity index is 1080. The first-order valence-electron chi connectivity index (χ1n) is 7.88. The fourth-order valence-corrected chi connectivity index (χ4v) is 4.01. The number of urea groups is 1. The Balaban J connectivity index is 1.74. The Labute approximate surface area is 162 Å². The molecule has 2 aromatic carbocycles. The number of benzene rings is 2. The van der Waals surface area contributed by atoms with Gasteiger partial charge < -0.3 is 4.74 Å². The fourth-order valence-electron chi connectivity index (χ4n) is 2.76. The van der Waals surface area contributed by atoms with E-state index in [0.29, 0.717) is 22.0 Å². The summed E-state index contributed by atoms with van der Waals surface area (Å²) in [6, 6.07) is 10.8. The predicted octanol–water partition coefficient (Wildman–Crippen LogP) is 3.85. The van der Waals surface area contributed by atoms with Crippen LogP contribution < -0.4 is 14.5 Å². The van der Waals surface area contributed by atoms with E-state index < -0.39 is 24.3 Å². The number of barbiturate groups is 1. The lowest BCUT2D eigenvalue weighted by atomic mass is 10.2. The van der Waals surface area contributed by atoms with Gasteiger partial charge in [-0.2, -0.15) is 0 Å². The van der Waals surface area contributed by atoms with Crippen molar-refractivity contribution >= 4 is 61.8 Å². The highest BCUT2D eigenvalue weighted by molar-refractivity contribution is 7.22. The number of imide groups is 2. The number of carbonyl (C=O) groups is 3. The molecule has 4 rings (SSSR count). The average Bonchev–Trinajstić information content (AvgIpc) is 3.04. The molecule has 1 aliphatic rings. The molecule has 9 heteroatoms. The molecule has 136 valence electrons. The number of hydrogen-bond donors (Lipinski definition) is 0. The molecule has 7 nitrogen and oxygen atoms in total. The van der Waals surface area contributed by atoms with Crippen LogP contribution in [0.25, 0.3) is 10.2 Å². The lowest BCUT2D eigenvalue weighted by molar-refractivity contribution is -0.126. The standard InChI is InChI=1S/C18H12ClN3O4S/c1-26-12-5-3-11(4-6-12)21-15(23)9-16(24)22(18(21)25)17-20-13-7-2-10(19)8-14(13)27-17/h2-8H,9H2,1H3. The summed E-state index contributed by atoms with van der Waals surface area (Å²) in [6.45, 7) is 0. The minimum atomic E-state index is -0.758. The fraction of sp³-hybridized carbons (Fsp3) is 0.111. The Kier molecular flexibility index (Phi) is 4.29. The van der Waals surface area contributed by atoms with E-state index in [0.717, 1.165) is 25.8 Å². The van der Waals surface area contributed by atoms with Crippen molar-refractivity contribution < 1.29 is 19.1 Å². The van der Waals surface area contributed by atoms with Crippen LogP contribution in [0.3, 0.4) is 0 Å². The quantitative estimate of drug-likeness (QED) is 0.623. The summed E-state index contributed by atoms with van der Waals surface area (Å²) in [4.78, 5) is 44.0. The highest BCUT2D eigenvalue weighted by Gasteiger charge is 2.41. The largest absolute Gasteiger partial charge is 0.497 e.